The van der Waals surface area contributed by atoms with Gasteiger partial charge in [0.1, 0.15) is 0 Å². The third-order valence-corrected chi connectivity index (χ3v) is 4.79. The minimum absolute atomic E-state index is 0.0870. The lowest BCUT2D eigenvalue weighted by Crippen LogP contribution is -2.33. The van der Waals surface area contributed by atoms with Gasteiger partial charge in [-0.25, -0.2) is 4.98 Å². The van der Waals surface area contributed by atoms with Crippen molar-refractivity contribution in [2.75, 3.05) is 12.4 Å². The van der Waals surface area contributed by atoms with E-state index in [1.54, 1.807) is 0 Å². The van der Waals surface area contributed by atoms with E-state index < -0.39 is 0 Å². The Morgan fingerprint density at radius 1 is 1.45 bits per heavy atom. The lowest BCUT2D eigenvalue weighted by molar-refractivity contribution is -0.184. The molecule has 1 N–H and O–H groups in total. The molecule has 1 saturated heterocycles. The first-order chi connectivity index (χ1) is 9.65. The van der Waals surface area contributed by atoms with Crippen LogP contribution in [0.4, 0.5) is 0 Å². The molecule has 1 aromatic heterocycles. The van der Waals surface area contributed by atoms with Crippen molar-refractivity contribution in [1.29, 1.82) is 0 Å². The summed E-state index contributed by atoms with van der Waals surface area (Å²) in [5.41, 5.74) is 0.635. The Kier molecular flexibility index (Phi) is 4.14. The summed E-state index contributed by atoms with van der Waals surface area (Å²) in [6.07, 6.45) is 5.76. The highest BCUT2D eigenvalue weighted by Crippen LogP contribution is 2.38. The summed E-state index contributed by atoms with van der Waals surface area (Å²) in [6.45, 7) is 2.47. The molecule has 2 fully saturated rings. The second-order valence-corrected chi connectivity index (χ2v) is 6.53. The van der Waals surface area contributed by atoms with Crippen molar-refractivity contribution in [1.82, 2.24) is 9.97 Å². The average Bonchev–Trinajstić information content (AvgIpc) is 2.79. The second-order valence-electron chi connectivity index (χ2n) is 5.53. The highest BCUT2D eigenvalue weighted by atomic mass is 32.2. The molecular formula is C14H20N2O3S. The predicted octanol–water partition coefficient (Wildman–Crippen LogP) is 2.25. The summed E-state index contributed by atoms with van der Waals surface area (Å²) in [6, 6.07) is 1.50. The van der Waals surface area contributed by atoms with Gasteiger partial charge in [0.25, 0.3) is 5.56 Å². The minimum atomic E-state index is -0.323. The SMILES string of the molecule is Cc1cc(=O)[nH]c(SC[C@@H]2COC3(CCCCC3)O2)n1. The van der Waals surface area contributed by atoms with Crippen LogP contribution in [-0.2, 0) is 9.47 Å². The molecule has 1 aliphatic carbocycles. The summed E-state index contributed by atoms with van der Waals surface area (Å²) in [7, 11) is 0. The number of aryl methyl sites for hydroxylation is 1. The molecule has 0 amide bonds. The molecule has 110 valence electrons. The van der Waals surface area contributed by atoms with E-state index in [0.29, 0.717) is 11.8 Å². The van der Waals surface area contributed by atoms with E-state index in [0.717, 1.165) is 24.3 Å². The van der Waals surface area contributed by atoms with Gasteiger partial charge in [0.2, 0.25) is 0 Å². The molecule has 0 aromatic carbocycles. The van der Waals surface area contributed by atoms with Crippen molar-refractivity contribution in [2.24, 2.45) is 0 Å². The highest BCUT2D eigenvalue weighted by molar-refractivity contribution is 7.99. The summed E-state index contributed by atoms with van der Waals surface area (Å²) < 4.78 is 12.0. The van der Waals surface area contributed by atoms with Gasteiger partial charge in [-0.2, -0.15) is 0 Å². The second kappa shape index (κ2) is 5.87. The molecule has 0 bridgehead atoms. The lowest BCUT2D eigenvalue weighted by atomic mass is 9.94. The zero-order valence-electron chi connectivity index (χ0n) is 11.7. The van der Waals surface area contributed by atoms with Crippen LogP contribution in [0.2, 0.25) is 0 Å². The van der Waals surface area contributed by atoms with E-state index in [1.807, 2.05) is 6.92 Å². The monoisotopic (exact) mass is 296 g/mol. The Labute approximate surface area is 122 Å². The maximum atomic E-state index is 11.4. The fourth-order valence-electron chi connectivity index (χ4n) is 2.84. The highest BCUT2D eigenvalue weighted by Gasteiger charge is 2.42. The number of thioether (sulfide) groups is 1. The van der Waals surface area contributed by atoms with E-state index in [9.17, 15) is 4.79 Å². The molecule has 5 nitrogen and oxygen atoms in total. The van der Waals surface area contributed by atoms with Crippen LogP contribution in [0, 0.1) is 6.92 Å². The number of ether oxygens (including phenoxy) is 2. The molecule has 6 heteroatoms. The molecule has 2 heterocycles. The van der Waals surface area contributed by atoms with Gasteiger partial charge in [-0.15, -0.1) is 0 Å². The van der Waals surface area contributed by atoms with E-state index in [-0.39, 0.29) is 17.5 Å². The molecular weight excluding hydrogens is 276 g/mol. The number of aromatic amines is 1. The van der Waals surface area contributed by atoms with Crippen LogP contribution in [0.15, 0.2) is 16.0 Å². The van der Waals surface area contributed by atoms with Crippen LogP contribution >= 0.6 is 11.8 Å². The van der Waals surface area contributed by atoms with Crippen LogP contribution in [-0.4, -0.2) is 34.2 Å². The molecule has 0 unspecified atom stereocenters. The van der Waals surface area contributed by atoms with Crippen molar-refractivity contribution in [2.45, 2.75) is 56.1 Å². The number of hydrogen-bond donors (Lipinski definition) is 1. The molecule has 0 radical (unpaired) electrons. The Morgan fingerprint density at radius 2 is 2.25 bits per heavy atom. The van der Waals surface area contributed by atoms with Crippen molar-refractivity contribution in [3.8, 4) is 0 Å². The van der Waals surface area contributed by atoms with Crippen LogP contribution in [0.3, 0.4) is 0 Å². The van der Waals surface area contributed by atoms with Crippen molar-refractivity contribution >= 4 is 11.8 Å². The first kappa shape index (κ1) is 14.1. The quantitative estimate of drug-likeness (QED) is 0.684. The average molecular weight is 296 g/mol. The Bertz CT molecular complexity index is 525. The maximum Gasteiger partial charge on any atom is 0.251 e. The first-order valence-electron chi connectivity index (χ1n) is 7.18. The van der Waals surface area contributed by atoms with E-state index in [4.69, 9.17) is 9.47 Å². The molecule has 1 saturated carbocycles. The topological polar surface area (TPSA) is 64.2 Å². The van der Waals surface area contributed by atoms with Crippen LogP contribution < -0.4 is 5.56 Å². The number of hydrogen-bond acceptors (Lipinski definition) is 5. The van der Waals surface area contributed by atoms with Crippen molar-refractivity contribution < 1.29 is 9.47 Å². The molecule has 2 aliphatic rings. The molecule has 1 spiro atoms. The number of aromatic nitrogens is 2. The zero-order valence-corrected chi connectivity index (χ0v) is 12.5. The van der Waals surface area contributed by atoms with Gasteiger partial charge in [-0.3, -0.25) is 4.79 Å². The third kappa shape index (κ3) is 3.24. The van der Waals surface area contributed by atoms with Crippen molar-refractivity contribution in [3.63, 3.8) is 0 Å². The van der Waals surface area contributed by atoms with Gasteiger partial charge in [-0.1, -0.05) is 18.2 Å². The van der Waals surface area contributed by atoms with Gasteiger partial charge in [-0.05, 0) is 19.8 Å². The standard InChI is InChI=1S/C14H20N2O3S/c1-10-7-12(17)16-13(15-10)20-9-11-8-18-14(19-11)5-3-2-4-6-14/h7,11H,2-6,8-9H2,1H3,(H,15,16,17)/t11-/m0/s1. The third-order valence-electron chi connectivity index (χ3n) is 3.78. The van der Waals surface area contributed by atoms with E-state index >= 15 is 0 Å². The molecule has 3 rings (SSSR count). The van der Waals surface area contributed by atoms with Crippen LogP contribution in [0.1, 0.15) is 37.8 Å². The van der Waals surface area contributed by atoms with Gasteiger partial charge in [0.15, 0.2) is 10.9 Å². The maximum absolute atomic E-state index is 11.4. The molecule has 1 atom stereocenters. The number of nitrogens with zero attached hydrogens (tertiary/aromatic N) is 1. The number of rotatable bonds is 3. The summed E-state index contributed by atoms with van der Waals surface area (Å²) in [4.78, 5) is 18.4. The lowest BCUT2D eigenvalue weighted by Gasteiger charge is -2.31. The summed E-state index contributed by atoms with van der Waals surface area (Å²) in [5, 5.41) is 0.656. The fourth-order valence-corrected chi connectivity index (χ4v) is 3.73. The predicted molar refractivity (Wildman–Crippen MR) is 77.0 cm³/mol. The normalized spacial score (nSPS) is 25.1. The van der Waals surface area contributed by atoms with E-state index in [1.165, 1.54) is 37.1 Å². The van der Waals surface area contributed by atoms with Crippen molar-refractivity contribution in [3.05, 3.63) is 22.1 Å². The van der Waals surface area contributed by atoms with Gasteiger partial charge >= 0.3 is 0 Å². The molecule has 20 heavy (non-hydrogen) atoms. The number of H-pyrrole nitrogens is 1. The van der Waals surface area contributed by atoms with Gasteiger partial charge in [0.05, 0.1) is 12.7 Å². The summed E-state index contributed by atoms with van der Waals surface area (Å²) in [5.74, 6) is 0.436. The van der Waals surface area contributed by atoms with Crippen LogP contribution in [0.5, 0.6) is 0 Å². The Balaban J connectivity index is 1.55. The van der Waals surface area contributed by atoms with Gasteiger partial charge < -0.3 is 14.5 Å². The smallest absolute Gasteiger partial charge is 0.251 e. The Hall–Kier alpha value is -0.850. The zero-order chi connectivity index (χ0) is 14.0. The minimum Gasteiger partial charge on any atom is -0.347 e. The first-order valence-corrected chi connectivity index (χ1v) is 8.16. The summed E-state index contributed by atoms with van der Waals surface area (Å²) >= 11 is 1.52. The van der Waals surface area contributed by atoms with E-state index in [2.05, 4.69) is 9.97 Å². The Morgan fingerprint density at radius 3 is 3.00 bits per heavy atom. The van der Waals surface area contributed by atoms with Gasteiger partial charge in [0, 0.05) is 30.4 Å². The molecule has 1 aliphatic heterocycles. The molecule has 1 aromatic rings. The fraction of sp³-hybridized carbons (Fsp3) is 0.714. The largest absolute Gasteiger partial charge is 0.347 e. The van der Waals surface area contributed by atoms with Crippen LogP contribution in [0.25, 0.3) is 0 Å². The number of nitrogens with one attached hydrogen (secondary N) is 1.